The number of carboxylic acids is 1. The normalized spacial score (nSPS) is 12.9. The number of rotatable bonds is 6. The monoisotopic (exact) mass is 341 g/mol. The molecular weight excluding hydrogens is 326 g/mol. The zero-order valence-corrected chi connectivity index (χ0v) is 13.4. The van der Waals surface area contributed by atoms with E-state index in [-0.39, 0.29) is 42.0 Å². The van der Waals surface area contributed by atoms with Gasteiger partial charge >= 0.3 is 5.97 Å². The number of carbonyl (C=O) groups is 3. The second kappa shape index (κ2) is 6.64. The van der Waals surface area contributed by atoms with Crippen LogP contribution in [0.15, 0.2) is 42.5 Å². The molecule has 128 valence electrons. The SMILES string of the molecule is COc1cccc(C(=O)O)c1OCCN1C(=O)c2ccccc2C1=O. The van der Waals surface area contributed by atoms with Gasteiger partial charge in [-0.05, 0) is 24.3 Å². The molecule has 2 aromatic rings. The molecule has 0 radical (unpaired) electrons. The summed E-state index contributed by atoms with van der Waals surface area (Å²) >= 11 is 0. The molecule has 2 aromatic carbocycles. The molecule has 0 saturated carbocycles. The highest BCUT2D eigenvalue weighted by atomic mass is 16.5. The van der Waals surface area contributed by atoms with Crippen molar-refractivity contribution in [2.45, 2.75) is 0 Å². The number of imide groups is 1. The molecule has 1 aliphatic rings. The van der Waals surface area contributed by atoms with Crippen molar-refractivity contribution in [3.8, 4) is 11.5 Å². The zero-order valence-electron chi connectivity index (χ0n) is 13.4. The minimum absolute atomic E-state index is 0.00343. The third kappa shape index (κ3) is 2.91. The van der Waals surface area contributed by atoms with E-state index in [1.54, 1.807) is 36.4 Å². The molecule has 0 spiro atoms. The number of aromatic carboxylic acids is 1. The maximum Gasteiger partial charge on any atom is 0.339 e. The van der Waals surface area contributed by atoms with Crippen LogP contribution < -0.4 is 9.47 Å². The first kappa shape index (κ1) is 16.5. The number of carboxylic acid groups (broad SMARTS) is 1. The fraction of sp³-hybridized carbons (Fsp3) is 0.167. The van der Waals surface area contributed by atoms with Crippen LogP contribution in [0.25, 0.3) is 0 Å². The number of benzene rings is 2. The first-order valence-electron chi connectivity index (χ1n) is 7.53. The summed E-state index contributed by atoms with van der Waals surface area (Å²) in [5.41, 5.74) is 0.661. The zero-order chi connectivity index (χ0) is 18.0. The highest BCUT2D eigenvalue weighted by molar-refractivity contribution is 6.21. The van der Waals surface area contributed by atoms with E-state index in [2.05, 4.69) is 0 Å². The number of ether oxygens (including phenoxy) is 2. The van der Waals surface area contributed by atoms with Crippen molar-refractivity contribution in [2.75, 3.05) is 20.3 Å². The van der Waals surface area contributed by atoms with Gasteiger partial charge in [0.15, 0.2) is 11.5 Å². The van der Waals surface area contributed by atoms with Crippen LogP contribution in [-0.4, -0.2) is 48.1 Å². The van der Waals surface area contributed by atoms with E-state index in [0.29, 0.717) is 11.1 Å². The first-order chi connectivity index (χ1) is 12.0. The van der Waals surface area contributed by atoms with Gasteiger partial charge in [-0.2, -0.15) is 0 Å². The Labute approximate surface area is 143 Å². The minimum atomic E-state index is -1.16. The van der Waals surface area contributed by atoms with Gasteiger partial charge in [0.1, 0.15) is 12.2 Å². The maximum absolute atomic E-state index is 12.3. The van der Waals surface area contributed by atoms with Crippen molar-refractivity contribution in [2.24, 2.45) is 0 Å². The summed E-state index contributed by atoms with van der Waals surface area (Å²) in [7, 11) is 1.40. The second-order valence-corrected chi connectivity index (χ2v) is 5.30. The number of nitrogens with zero attached hydrogens (tertiary/aromatic N) is 1. The van der Waals surface area contributed by atoms with Crippen molar-refractivity contribution in [1.82, 2.24) is 4.90 Å². The number of hydrogen-bond acceptors (Lipinski definition) is 5. The summed E-state index contributed by atoms with van der Waals surface area (Å²) in [5.74, 6) is -1.60. The Balaban J connectivity index is 1.74. The predicted molar refractivity (Wildman–Crippen MR) is 87.3 cm³/mol. The van der Waals surface area contributed by atoms with Crippen molar-refractivity contribution >= 4 is 17.8 Å². The minimum Gasteiger partial charge on any atom is -0.493 e. The van der Waals surface area contributed by atoms with Gasteiger partial charge in [-0.15, -0.1) is 0 Å². The molecule has 7 nitrogen and oxygen atoms in total. The molecule has 1 N–H and O–H groups in total. The van der Waals surface area contributed by atoms with E-state index in [0.717, 1.165) is 4.90 Å². The van der Waals surface area contributed by atoms with Crippen LogP contribution >= 0.6 is 0 Å². The maximum atomic E-state index is 12.3. The molecule has 0 fully saturated rings. The Hall–Kier alpha value is -3.35. The fourth-order valence-electron chi connectivity index (χ4n) is 2.68. The van der Waals surface area contributed by atoms with E-state index in [1.807, 2.05) is 0 Å². The summed E-state index contributed by atoms with van der Waals surface area (Å²) in [6.07, 6.45) is 0. The Kier molecular flexibility index (Phi) is 4.38. The quantitative estimate of drug-likeness (QED) is 0.809. The molecule has 3 rings (SSSR count). The van der Waals surface area contributed by atoms with Gasteiger partial charge < -0.3 is 14.6 Å². The lowest BCUT2D eigenvalue weighted by Gasteiger charge is -2.16. The van der Waals surface area contributed by atoms with Gasteiger partial charge in [-0.1, -0.05) is 18.2 Å². The lowest BCUT2D eigenvalue weighted by atomic mass is 10.1. The molecule has 0 atom stereocenters. The summed E-state index contributed by atoms with van der Waals surface area (Å²) in [6.45, 7) is -0.0461. The highest BCUT2D eigenvalue weighted by Gasteiger charge is 2.34. The standard InChI is InChI=1S/C18H15NO6/c1-24-14-8-4-7-13(18(22)23)15(14)25-10-9-19-16(20)11-5-2-3-6-12(11)17(19)21/h2-8H,9-10H2,1H3,(H,22,23). The Morgan fingerprint density at radius 3 is 2.24 bits per heavy atom. The molecule has 0 unspecified atom stereocenters. The molecule has 0 bridgehead atoms. The second-order valence-electron chi connectivity index (χ2n) is 5.30. The third-order valence-corrected chi connectivity index (χ3v) is 3.87. The van der Waals surface area contributed by atoms with Gasteiger partial charge in [-0.3, -0.25) is 14.5 Å². The van der Waals surface area contributed by atoms with Crippen LogP contribution in [0.5, 0.6) is 11.5 Å². The number of para-hydroxylation sites is 1. The topological polar surface area (TPSA) is 93.1 Å². The van der Waals surface area contributed by atoms with E-state index < -0.39 is 5.97 Å². The van der Waals surface area contributed by atoms with Crippen molar-refractivity contribution in [3.05, 3.63) is 59.2 Å². The summed E-state index contributed by atoms with van der Waals surface area (Å²) < 4.78 is 10.6. The Bertz CT molecular complexity index is 825. The Morgan fingerprint density at radius 2 is 1.68 bits per heavy atom. The predicted octanol–water partition coefficient (Wildman–Crippen LogP) is 2.07. The molecule has 7 heteroatoms. The first-order valence-corrected chi connectivity index (χ1v) is 7.53. The molecular formula is C18H15NO6. The van der Waals surface area contributed by atoms with Crippen LogP contribution in [0.4, 0.5) is 0 Å². The number of amides is 2. The lowest BCUT2D eigenvalue weighted by Crippen LogP contribution is -2.33. The molecule has 1 heterocycles. The highest BCUT2D eigenvalue weighted by Crippen LogP contribution is 2.31. The summed E-state index contributed by atoms with van der Waals surface area (Å²) in [6, 6.07) is 11.1. The van der Waals surface area contributed by atoms with Gasteiger partial charge in [-0.25, -0.2) is 4.79 Å². The van der Waals surface area contributed by atoms with Gasteiger partial charge in [0.25, 0.3) is 11.8 Å². The van der Waals surface area contributed by atoms with Crippen molar-refractivity contribution < 1.29 is 29.0 Å². The van der Waals surface area contributed by atoms with Gasteiger partial charge in [0, 0.05) is 0 Å². The van der Waals surface area contributed by atoms with Crippen LogP contribution in [0.2, 0.25) is 0 Å². The van der Waals surface area contributed by atoms with Crippen LogP contribution in [0.3, 0.4) is 0 Å². The fourth-order valence-corrected chi connectivity index (χ4v) is 2.68. The lowest BCUT2D eigenvalue weighted by molar-refractivity contribution is 0.0620. The van der Waals surface area contributed by atoms with Crippen LogP contribution in [0.1, 0.15) is 31.1 Å². The molecule has 0 aromatic heterocycles. The largest absolute Gasteiger partial charge is 0.493 e. The van der Waals surface area contributed by atoms with Crippen LogP contribution in [0, 0.1) is 0 Å². The smallest absolute Gasteiger partial charge is 0.339 e. The van der Waals surface area contributed by atoms with Crippen LogP contribution in [-0.2, 0) is 0 Å². The molecule has 2 amide bonds. The number of methoxy groups -OCH3 is 1. The molecule has 25 heavy (non-hydrogen) atoms. The number of fused-ring (bicyclic) bond motifs is 1. The van der Waals surface area contributed by atoms with E-state index in [4.69, 9.17) is 9.47 Å². The van der Waals surface area contributed by atoms with Gasteiger partial charge in [0.2, 0.25) is 0 Å². The summed E-state index contributed by atoms with van der Waals surface area (Å²) in [4.78, 5) is 36.9. The van der Waals surface area contributed by atoms with E-state index in [9.17, 15) is 19.5 Å². The van der Waals surface area contributed by atoms with Gasteiger partial charge in [0.05, 0.1) is 24.8 Å². The number of hydrogen-bond donors (Lipinski definition) is 1. The molecule has 1 aliphatic heterocycles. The average molecular weight is 341 g/mol. The average Bonchev–Trinajstić information content (AvgIpc) is 2.86. The van der Waals surface area contributed by atoms with Crippen molar-refractivity contribution in [3.63, 3.8) is 0 Å². The molecule has 0 saturated heterocycles. The Morgan fingerprint density at radius 1 is 1.04 bits per heavy atom. The number of carbonyl (C=O) groups excluding carboxylic acids is 2. The molecule has 0 aliphatic carbocycles. The summed E-state index contributed by atoms with van der Waals surface area (Å²) in [5, 5.41) is 9.24. The van der Waals surface area contributed by atoms with Crippen molar-refractivity contribution in [1.29, 1.82) is 0 Å². The van der Waals surface area contributed by atoms with E-state index in [1.165, 1.54) is 13.2 Å². The third-order valence-electron chi connectivity index (χ3n) is 3.87. The van der Waals surface area contributed by atoms with E-state index >= 15 is 0 Å².